The van der Waals surface area contributed by atoms with Crippen molar-refractivity contribution in [1.29, 1.82) is 0 Å². The van der Waals surface area contributed by atoms with Crippen molar-refractivity contribution in [2.24, 2.45) is 0 Å². The van der Waals surface area contributed by atoms with Crippen LogP contribution in [0.1, 0.15) is 17.3 Å². The Labute approximate surface area is 153 Å². The minimum atomic E-state index is -0.145. The number of hydrogen-bond donors (Lipinski definition) is 1. The van der Waals surface area contributed by atoms with Gasteiger partial charge in [-0.25, -0.2) is 4.98 Å². The van der Waals surface area contributed by atoms with E-state index >= 15 is 0 Å². The number of benzene rings is 2. The van der Waals surface area contributed by atoms with Gasteiger partial charge in [-0.05, 0) is 17.9 Å². The minimum absolute atomic E-state index is 0.145. The second kappa shape index (κ2) is 6.93. The Morgan fingerprint density at radius 1 is 1.24 bits per heavy atom. The van der Waals surface area contributed by atoms with Crippen LogP contribution < -0.4 is 14.8 Å². The molecule has 0 saturated carbocycles. The van der Waals surface area contributed by atoms with E-state index < -0.39 is 0 Å². The number of ether oxygens (including phenoxy) is 2. The van der Waals surface area contributed by atoms with Gasteiger partial charge in [-0.2, -0.15) is 0 Å². The van der Waals surface area contributed by atoms with Gasteiger partial charge in [0.05, 0.1) is 15.8 Å². The molecule has 4 rings (SSSR count). The summed E-state index contributed by atoms with van der Waals surface area (Å²) in [5, 5.41) is 3.48. The molecule has 0 aliphatic carbocycles. The van der Waals surface area contributed by atoms with Crippen LogP contribution in [-0.4, -0.2) is 29.9 Å². The second-order valence-corrected chi connectivity index (χ2v) is 7.70. The normalized spacial score (nSPS) is 13.0. The highest BCUT2D eigenvalue weighted by atomic mass is 32.2. The Morgan fingerprint density at radius 2 is 2.00 bits per heavy atom. The quantitative estimate of drug-likeness (QED) is 0.687. The fourth-order valence-corrected chi connectivity index (χ4v) is 4.29. The maximum Gasteiger partial charge on any atom is 0.258 e. The summed E-state index contributed by atoms with van der Waals surface area (Å²) in [6.07, 6.45) is 0. The van der Waals surface area contributed by atoms with Crippen molar-refractivity contribution in [2.45, 2.75) is 11.8 Å². The van der Waals surface area contributed by atoms with E-state index in [1.165, 1.54) is 11.3 Å². The Hall–Kier alpha value is -2.25. The first kappa shape index (κ1) is 16.2. The molecule has 0 radical (unpaired) electrons. The lowest BCUT2D eigenvalue weighted by atomic mass is 10.2. The zero-order valence-corrected chi connectivity index (χ0v) is 15.2. The summed E-state index contributed by atoms with van der Waals surface area (Å²) < 4.78 is 12.1. The van der Waals surface area contributed by atoms with Crippen LogP contribution in [0, 0.1) is 0 Å². The van der Waals surface area contributed by atoms with Crippen molar-refractivity contribution < 1.29 is 14.3 Å². The zero-order valence-electron chi connectivity index (χ0n) is 13.6. The topological polar surface area (TPSA) is 60.5 Å². The first-order chi connectivity index (χ1) is 12.2. The number of hydrogen-bond acceptors (Lipinski definition) is 6. The third kappa shape index (κ3) is 3.29. The molecule has 2 heterocycles. The van der Waals surface area contributed by atoms with Gasteiger partial charge >= 0.3 is 0 Å². The van der Waals surface area contributed by atoms with E-state index in [0.717, 1.165) is 26.6 Å². The van der Waals surface area contributed by atoms with Gasteiger partial charge in [0.25, 0.3) is 5.91 Å². The van der Waals surface area contributed by atoms with E-state index in [4.69, 9.17) is 9.47 Å². The maximum absolute atomic E-state index is 12.6. The number of carbonyl (C=O) groups excluding carboxylic acids is 1. The van der Waals surface area contributed by atoms with Crippen molar-refractivity contribution >= 4 is 44.4 Å². The average Bonchev–Trinajstić information content (AvgIpc) is 3.01. The SMILES string of the molecule is CCSc1ccccc1C(=O)Nc1nc2cc3c(cc2s1)OCCO3. The van der Waals surface area contributed by atoms with Crippen LogP contribution in [0.2, 0.25) is 0 Å². The van der Waals surface area contributed by atoms with E-state index in [1.807, 2.05) is 36.4 Å². The number of nitrogens with zero attached hydrogens (tertiary/aromatic N) is 1. The predicted molar refractivity (Wildman–Crippen MR) is 101 cm³/mol. The third-order valence-electron chi connectivity index (χ3n) is 3.70. The molecule has 128 valence electrons. The van der Waals surface area contributed by atoms with Gasteiger partial charge in [-0.3, -0.25) is 10.1 Å². The summed E-state index contributed by atoms with van der Waals surface area (Å²) in [4.78, 5) is 18.1. The molecule has 0 saturated heterocycles. The molecule has 0 fully saturated rings. The van der Waals surface area contributed by atoms with E-state index in [9.17, 15) is 4.79 Å². The predicted octanol–water partition coefficient (Wildman–Crippen LogP) is 4.43. The molecular formula is C18H16N2O3S2. The van der Waals surface area contributed by atoms with E-state index in [1.54, 1.807) is 11.8 Å². The maximum atomic E-state index is 12.6. The van der Waals surface area contributed by atoms with Crippen molar-refractivity contribution in [3.05, 3.63) is 42.0 Å². The van der Waals surface area contributed by atoms with Crippen LogP contribution in [-0.2, 0) is 0 Å². The van der Waals surface area contributed by atoms with Gasteiger partial charge in [0, 0.05) is 17.0 Å². The molecule has 7 heteroatoms. The fraction of sp³-hybridized carbons (Fsp3) is 0.222. The molecular weight excluding hydrogens is 356 g/mol. The lowest BCUT2D eigenvalue weighted by Gasteiger charge is -2.17. The summed E-state index contributed by atoms with van der Waals surface area (Å²) in [5.74, 6) is 2.20. The molecule has 1 aliphatic heterocycles. The number of fused-ring (bicyclic) bond motifs is 2. The smallest absolute Gasteiger partial charge is 0.258 e. The number of nitrogens with one attached hydrogen (secondary N) is 1. The van der Waals surface area contributed by atoms with Crippen LogP contribution in [0.15, 0.2) is 41.3 Å². The van der Waals surface area contributed by atoms with Gasteiger partial charge in [-0.15, -0.1) is 11.8 Å². The van der Waals surface area contributed by atoms with Crippen molar-refractivity contribution in [2.75, 3.05) is 24.3 Å². The highest BCUT2D eigenvalue weighted by Gasteiger charge is 2.17. The van der Waals surface area contributed by atoms with E-state index in [2.05, 4.69) is 17.2 Å². The van der Waals surface area contributed by atoms with Crippen LogP contribution >= 0.6 is 23.1 Å². The Kier molecular flexibility index (Phi) is 4.50. The lowest BCUT2D eigenvalue weighted by molar-refractivity contribution is 0.102. The van der Waals surface area contributed by atoms with Gasteiger partial charge in [0.1, 0.15) is 13.2 Å². The average molecular weight is 372 g/mol. The summed E-state index contributed by atoms with van der Waals surface area (Å²) >= 11 is 3.08. The molecule has 25 heavy (non-hydrogen) atoms. The summed E-state index contributed by atoms with van der Waals surface area (Å²) in [6, 6.07) is 11.4. The number of thiazole rings is 1. The zero-order chi connectivity index (χ0) is 17.2. The van der Waals surface area contributed by atoms with Crippen LogP contribution in [0.5, 0.6) is 11.5 Å². The molecule has 0 unspecified atom stereocenters. The lowest BCUT2D eigenvalue weighted by Crippen LogP contribution is -2.15. The van der Waals surface area contributed by atoms with Crippen LogP contribution in [0.3, 0.4) is 0 Å². The highest BCUT2D eigenvalue weighted by molar-refractivity contribution is 7.99. The summed E-state index contributed by atoms with van der Waals surface area (Å²) in [5.41, 5.74) is 1.46. The molecule has 2 aromatic carbocycles. The van der Waals surface area contributed by atoms with Gasteiger partial charge < -0.3 is 9.47 Å². The number of carbonyl (C=O) groups is 1. The molecule has 5 nitrogen and oxygen atoms in total. The van der Waals surface area contributed by atoms with Gasteiger partial charge in [0.15, 0.2) is 16.6 Å². The molecule has 1 amide bonds. The Morgan fingerprint density at radius 3 is 2.80 bits per heavy atom. The molecule has 0 atom stereocenters. The molecule has 0 bridgehead atoms. The first-order valence-corrected chi connectivity index (χ1v) is 9.78. The molecule has 3 aromatic rings. The number of amides is 1. The molecule has 1 aliphatic rings. The molecule has 1 N–H and O–H groups in total. The largest absolute Gasteiger partial charge is 0.486 e. The van der Waals surface area contributed by atoms with E-state index in [0.29, 0.717) is 29.7 Å². The molecule has 0 spiro atoms. The van der Waals surface area contributed by atoms with Crippen LogP contribution in [0.25, 0.3) is 10.2 Å². The highest BCUT2D eigenvalue weighted by Crippen LogP contribution is 2.38. The first-order valence-electron chi connectivity index (χ1n) is 7.98. The van der Waals surface area contributed by atoms with Crippen molar-refractivity contribution in [3.63, 3.8) is 0 Å². The van der Waals surface area contributed by atoms with Crippen LogP contribution in [0.4, 0.5) is 5.13 Å². The Balaban J connectivity index is 1.61. The van der Waals surface area contributed by atoms with E-state index in [-0.39, 0.29) is 5.91 Å². The second-order valence-electron chi connectivity index (χ2n) is 5.37. The fourth-order valence-electron chi connectivity index (χ4n) is 2.62. The standard InChI is InChI=1S/C18H16N2O3S2/c1-2-24-15-6-4-3-5-11(15)17(21)20-18-19-12-9-13-14(10-16(12)25-18)23-8-7-22-13/h3-6,9-10H,2,7-8H2,1H3,(H,19,20,21). The summed E-state index contributed by atoms with van der Waals surface area (Å²) in [7, 11) is 0. The number of rotatable bonds is 4. The van der Waals surface area contributed by atoms with Gasteiger partial charge in [0.2, 0.25) is 0 Å². The summed E-state index contributed by atoms with van der Waals surface area (Å²) in [6.45, 7) is 3.16. The Bertz CT molecular complexity index is 896. The van der Waals surface area contributed by atoms with Crippen molar-refractivity contribution in [1.82, 2.24) is 4.98 Å². The number of anilines is 1. The third-order valence-corrected chi connectivity index (χ3v) is 5.59. The number of aromatic nitrogens is 1. The van der Waals surface area contributed by atoms with Crippen molar-refractivity contribution in [3.8, 4) is 11.5 Å². The monoisotopic (exact) mass is 372 g/mol. The molecule has 1 aromatic heterocycles. The number of thioether (sulfide) groups is 1. The van der Waals surface area contributed by atoms with Gasteiger partial charge in [-0.1, -0.05) is 30.4 Å². The minimum Gasteiger partial charge on any atom is -0.486 e.